The molecule has 50 valence electrons. The van der Waals surface area contributed by atoms with Gasteiger partial charge < -0.3 is 0 Å². The predicted molar refractivity (Wildman–Crippen MR) is 49.2 cm³/mol. The van der Waals surface area contributed by atoms with Gasteiger partial charge in [0.2, 0.25) is 0 Å². The van der Waals surface area contributed by atoms with Gasteiger partial charge in [0.25, 0.3) is 0 Å². The van der Waals surface area contributed by atoms with Crippen molar-refractivity contribution in [2.24, 2.45) is 0 Å². The van der Waals surface area contributed by atoms with Crippen molar-refractivity contribution in [3.05, 3.63) is 16.1 Å². The maximum Gasteiger partial charge on any atom is 0.0925 e. The molecule has 0 atom stereocenters. The van der Waals surface area contributed by atoms with E-state index >= 15 is 0 Å². The molecule has 0 bridgehead atoms. The Labute approximate surface area is 72.6 Å². The summed E-state index contributed by atoms with van der Waals surface area (Å²) in [4.78, 5) is 5.60. The normalized spacial score (nSPS) is 10.0. The number of thiazole rings is 1. The van der Waals surface area contributed by atoms with Crippen molar-refractivity contribution >= 4 is 33.9 Å². The number of rotatable bonds is 2. The van der Waals surface area contributed by atoms with Crippen LogP contribution in [0, 0.1) is 0 Å². The van der Waals surface area contributed by atoms with Crippen LogP contribution in [0.1, 0.15) is 16.8 Å². The van der Waals surface area contributed by atoms with Gasteiger partial charge in [-0.15, -0.1) is 11.3 Å². The number of hydrogen-bond acceptors (Lipinski definition) is 2. The maximum absolute atomic E-state index is 4.22. The van der Waals surface area contributed by atoms with Crippen LogP contribution in [-0.2, 0) is 10.8 Å². The molecule has 0 aliphatic heterocycles. The van der Waals surface area contributed by atoms with Crippen LogP contribution >= 0.6 is 33.9 Å². The average Bonchev–Trinajstić information content (AvgIpc) is 2.34. The first-order valence-electron chi connectivity index (χ1n) is 2.86. The van der Waals surface area contributed by atoms with Gasteiger partial charge in [-0.1, -0.05) is 29.5 Å². The molecule has 1 rings (SSSR count). The summed E-state index contributed by atoms with van der Waals surface area (Å²) >= 11 is 4.17. The summed E-state index contributed by atoms with van der Waals surface area (Å²) in [5, 5.41) is 1.25. The van der Waals surface area contributed by atoms with Crippen LogP contribution in [-0.4, -0.2) is 4.98 Å². The van der Waals surface area contributed by atoms with Crippen molar-refractivity contribution in [2.45, 2.75) is 17.8 Å². The third kappa shape index (κ3) is 1.89. The topological polar surface area (TPSA) is 12.9 Å². The fraction of sp³-hybridized carbons (Fsp3) is 0.500. The van der Waals surface area contributed by atoms with Gasteiger partial charge >= 0.3 is 0 Å². The Morgan fingerprint density at radius 3 is 2.89 bits per heavy atom. The van der Waals surface area contributed by atoms with E-state index in [1.165, 1.54) is 9.88 Å². The third-order valence-corrected chi connectivity index (χ3v) is 3.52. The average molecular weight is 253 g/mol. The van der Waals surface area contributed by atoms with Crippen LogP contribution in [0.2, 0.25) is 0 Å². The zero-order valence-electron chi connectivity index (χ0n) is 5.22. The van der Waals surface area contributed by atoms with Crippen molar-refractivity contribution in [1.82, 2.24) is 4.98 Å². The summed E-state index contributed by atoms with van der Waals surface area (Å²) in [5.74, 6) is 0. The standard InChI is InChI=1S/C6H8INS/c1-2-6-8-4-5(3-7)9-6/h4H,2-3H2,1H3. The van der Waals surface area contributed by atoms with Gasteiger partial charge in [0.1, 0.15) is 0 Å². The van der Waals surface area contributed by atoms with E-state index in [-0.39, 0.29) is 0 Å². The smallest absolute Gasteiger partial charge is 0.0925 e. The molecule has 0 saturated carbocycles. The molecular formula is C6H8INS. The van der Waals surface area contributed by atoms with Gasteiger partial charge in [0.05, 0.1) is 5.01 Å². The molecule has 0 aliphatic carbocycles. The van der Waals surface area contributed by atoms with Crippen molar-refractivity contribution < 1.29 is 0 Å². The second kappa shape index (κ2) is 3.51. The van der Waals surface area contributed by atoms with Crippen LogP contribution in [0.5, 0.6) is 0 Å². The van der Waals surface area contributed by atoms with Gasteiger partial charge in [-0.25, -0.2) is 4.98 Å². The van der Waals surface area contributed by atoms with Crippen LogP contribution in [0.25, 0.3) is 0 Å². The highest BCUT2D eigenvalue weighted by Crippen LogP contribution is 2.15. The first-order chi connectivity index (χ1) is 4.36. The number of aryl methyl sites for hydroxylation is 1. The van der Waals surface area contributed by atoms with E-state index in [0.717, 1.165) is 10.8 Å². The van der Waals surface area contributed by atoms with E-state index in [2.05, 4.69) is 34.5 Å². The minimum absolute atomic E-state index is 1.07. The molecule has 0 fully saturated rings. The van der Waals surface area contributed by atoms with E-state index in [1.54, 1.807) is 0 Å². The zero-order valence-corrected chi connectivity index (χ0v) is 8.20. The molecule has 0 radical (unpaired) electrons. The van der Waals surface area contributed by atoms with Crippen molar-refractivity contribution in [3.8, 4) is 0 Å². The lowest BCUT2D eigenvalue weighted by Gasteiger charge is -1.80. The summed E-state index contributed by atoms with van der Waals surface area (Å²) in [6, 6.07) is 0. The highest BCUT2D eigenvalue weighted by molar-refractivity contribution is 14.1. The van der Waals surface area contributed by atoms with E-state index in [9.17, 15) is 0 Å². The van der Waals surface area contributed by atoms with Gasteiger partial charge in [0.15, 0.2) is 0 Å². The molecule has 1 heterocycles. The molecule has 9 heavy (non-hydrogen) atoms. The van der Waals surface area contributed by atoms with Crippen LogP contribution in [0.3, 0.4) is 0 Å². The number of halogens is 1. The second-order valence-electron chi connectivity index (χ2n) is 1.71. The molecular weight excluding hydrogens is 245 g/mol. The van der Waals surface area contributed by atoms with Crippen LogP contribution in [0.15, 0.2) is 6.20 Å². The molecule has 0 N–H and O–H groups in total. The van der Waals surface area contributed by atoms with Crippen molar-refractivity contribution in [1.29, 1.82) is 0 Å². The summed E-state index contributed by atoms with van der Waals surface area (Å²) < 4.78 is 1.09. The molecule has 0 unspecified atom stereocenters. The first kappa shape index (κ1) is 7.47. The van der Waals surface area contributed by atoms with Crippen LogP contribution < -0.4 is 0 Å². The molecule has 1 nitrogen and oxygen atoms in total. The molecule has 0 aliphatic rings. The van der Waals surface area contributed by atoms with Gasteiger partial charge in [-0.05, 0) is 6.42 Å². The Bertz CT molecular complexity index is 166. The lowest BCUT2D eigenvalue weighted by Crippen LogP contribution is -1.70. The molecule has 0 amide bonds. The largest absolute Gasteiger partial charge is 0.249 e. The molecule has 3 heteroatoms. The highest BCUT2D eigenvalue weighted by Gasteiger charge is 1.95. The van der Waals surface area contributed by atoms with E-state index in [1.807, 2.05) is 17.5 Å². The lowest BCUT2D eigenvalue weighted by molar-refractivity contribution is 1.09. The highest BCUT2D eigenvalue weighted by atomic mass is 127. The molecule has 1 aromatic rings. The minimum Gasteiger partial charge on any atom is -0.249 e. The number of hydrogen-bond donors (Lipinski definition) is 0. The summed E-state index contributed by atoms with van der Waals surface area (Å²) in [7, 11) is 0. The summed E-state index contributed by atoms with van der Waals surface area (Å²) in [6.07, 6.45) is 3.04. The van der Waals surface area contributed by atoms with Gasteiger partial charge in [0, 0.05) is 15.5 Å². The quantitative estimate of drug-likeness (QED) is 0.583. The Kier molecular flexibility index (Phi) is 2.91. The Balaban J connectivity index is 2.74. The van der Waals surface area contributed by atoms with E-state index < -0.39 is 0 Å². The lowest BCUT2D eigenvalue weighted by atomic mass is 10.5. The summed E-state index contributed by atoms with van der Waals surface area (Å²) in [5.41, 5.74) is 0. The Hall–Kier alpha value is 0.360. The number of alkyl halides is 1. The van der Waals surface area contributed by atoms with Gasteiger partial charge in [-0.3, -0.25) is 0 Å². The third-order valence-electron chi connectivity index (χ3n) is 1.04. The van der Waals surface area contributed by atoms with E-state index in [4.69, 9.17) is 0 Å². The maximum atomic E-state index is 4.22. The minimum atomic E-state index is 1.07. The first-order valence-corrected chi connectivity index (χ1v) is 5.20. The molecule has 0 spiro atoms. The van der Waals surface area contributed by atoms with Crippen molar-refractivity contribution in [2.75, 3.05) is 0 Å². The SMILES string of the molecule is CCc1ncc(CI)s1. The Morgan fingerprint density at radius 2 is 2.56 bits per heavy atom. The monoisotopic (exact) mass is 253 g/mol. The van der Waals surface area contributed by atoms with E-state index in [0.29, 0.717) is 0 Å². The molecule has 1 aromatic heterocycles. The number of aromatic nitrogens is 1. The number of nitrogens with zero attached hydrogens (tertiary/aromatic N) is 1. The zero-order chi connectivity index (χ0) is 6.69. The molecule has 0 aromatic carbocycles. The van der Waals surface area contributed by atoms with Crippen LogP contribution in [0.4, 0.5) is 0 Å². The predicted octanol–water partition coefficient (Wildman–Crippen LogP) is 2.64. The summed E-state index contributed by atoms with van der Waals surface area (Å²) in [6.45, 7) is 2.13. The Morgan fingerprint density at radius 1 is 1.78 bits per heavy atom. The molecule has 0 saturated heterocycles. The fourth-order valence-corrected chi connectivity index (χ4v) is 1.95. The second-order valence-corrected chi connectivity index (χ2v) is 3.67. The fourth-order valence-electron chi connectivity index (χ4n) is 0.573. The van der Waals surface area contributed by atoms with Gasteiger partial charge in [-0.2, -0.15) is 0 Å². The van der Waals surface area contributed by atoms with Crippen molar-refractivity contribution in [3.63, 3.8) is 0 Å².